The summed E-state index contributed by atoms with van der Waals surface area (Å²) in [6.45, 7) is 6.69. The van der Waals surface area contributed by atoms with Crippen LogP contribution in [0, 0.1) is 0 Å². The maximum atomic E-state index is 5.94. The van der Waals surface area contributed by atoms with Crippen LogP contribution in [-0.4, -0.2) is 20.3 Å². The Hall–Kier alpha value is -1.22. The van der Waals surface area contributed by atoms with E-state index in [0.29, 0.717) is 0 Å². The normalized spacial score (nSPS) is 10.6. The zero-order chi connectivity index (χ0) is 14.6. The van der Waals surface area contributed by atoms with Gasteiger partial charge >= 0.3 is 0 Å². The summed E-state index contributed by atoms with van der Waals surface area (Å²) in [6, 6.07) is 6.12. The van der Waals surface area contributed by atoms with Crippen molar-refractivity contribution in [1.29, 1.82) is 0 Å². The topological polar surface area (TPSA) is 30.5 Å². The van der Waals surface area contributed by atoms with Crippen molar-refractivity contribution in [1.82, 2.24) is 5.32 Å². The smallest absolute Gasteiger partial charge is 0.127 e. The largest absolute Gasteiger partial charge is 0.493 e. The predicted molar refractivity (Wildman–Crippen MR) is 84.6 cm³/mol. The molecule has 114 valence electrons. The fourth-order valence-electron chi connectivity index (χ4n) is 2.03. The standard InChI is InChI=1S/C17H29NO2/c1-4-6-7-8-12-20-17-13-16(19-11-5-2)10-9-15(17)14-18-3/h9-10,13,18H,4-8,11-12,14H2,1-3H3. The molecule has 0 unspecified atom stereocenters. The van der Waals surface area contributed by atoms with E-state index in [1.807, 2.05) is 19.2 Å². The first kappa shape index (κ1) is 16.8. The maximum Gasteiger partial charge on any atom is 0.127 e. The third-order valence-corrected chi connectivity index (χ3v) is 3.13. The number of benzene rings is 1. The molecule has 0 aromatic heterocycles. The molecule has 3 nitrogen and oxygen atoms in total. The predicted octanol–water partition coefficient (Wildman–Crippen LogP) is 4.15. The second-order valence-electron chi connectivity index (χ2n) is 5.06. The SMILES string of the molecule is CCCCCCOc1cc(OCCC)ccc1CNC. The molecule has 1 aromatic rings. The van der Waals surface area contributed by atoms with E-state index in [9.17, 15) is 0 Å². The molecule has 0 aliphatic rings. The van der Waals surface area contributed by atoms with Crippen LogP contribution in [0.2, 0.25) is 0 Å². The van der Waals surface area contributed by atoms with Crippen LogP contribution in [0.1, 0.15) is 51.5 Å². The number of hydrogen-bond acceptors (Lipinski definition) is 3. The van der Waals surface area contributed by atoms with Crippen molar-refractivity contribution in [3.05, 3.63) is 23.8 Å². The van der Waals surface area contributed by atoms with Crippen molar-refractivity contribution in [2.45, 2.75) is 52.5 Å². The van der Waals surface area contributed by atoms with Crippen LogP contribution in [0.5, 0.6) is 11.5 Å². The van der Waals surface area contributed by atoms with Gasteiger partial charge in [-0.05, 0) is 26.0 Å². The summed E-state index contributed by atoms with van der Waals surface area (Å²) in [6.07, 6.45) is 5.92. The van der Waals surface area contributed by atoms with Crippen molar-refractivity contribution in [2.75, 3.05) is 20.3 Å². The summed E-state index contributed by atoms with van der Waals surface area (Å²) in [5.74, 6) is 1.85. The van der Waals surface area contributed by atoms with Gasteiger partial charge < -0.3 is 14.8 Å². The summed E-state index contributed by atoms with van der Waals surface area (Å²) in [5, 5.41) is 3.18. The van der Waals surface area contributed by atoms with Crippen LogP contribution in [0.3, 0.4) is 0 Å². The number of hydrogen-bond donors (Lipinski definition) is 1. The molecule has 1 aromatic carbocycles. The van der Waals surface area contributed by atoms with Gasteiger partial charge in [-0.1, -0.05) is 39.2 Å². The van der Waals surface area contributed by atoms with Gasteiger partial charge in [0.2, 0.25) is 0 Å². The number of rotatable bonds is 11. The lowest BCUT2D eigenvalue weighted by Crippen LogP contribution is -2.08. The molecule has 0 radical (unpaired) electrons. The van der Waals surface area contributed by atoms with E-state index in [4.69, 9.17) is 9.47 Å². The van der Waals surface area contributed by atoms with Crippen molar-refractivity contribution < 1.29 is 9.47 Å². The average Bonchev–Trinajstić information content (AvgIpc) is 2.47. The Bertz CT molecular complexity index is 366. The van der Waals surface area contributed by atoms with Gasteiger partial charge in [0, 0.05) is 18.2 Å². The Morgan fingerprint density at radius 1 is 0.950 bits per heavy atom. The molecule has 1 rings (SSSR count). The highest BCUT2D eigenvalue weighted by atomic mass is 16.5. The van der Waals surface area contributed by atoms with Gasteiger partial charge in [0.15, 0.2) is 0 Å². The minimum atomic E-state index is 0.751. The molecular weight excluding hydrogens is 250 g/mol. The quantitative estimate of drug-likeness (QED) is 0.617. The molecule has 0 saturated carbocycles. The Balaban J connectivity index is 2.57. The first-order valence-electron chi connectivity index (χ1n) is 7.84. The molecule has 3 heteroatoms. The number of nitrogens with one attached hydrogen (secondary N) is 1. The van der Waals surface area contributed by atoms with Gasteiger partial charge in [-0.15, -0.1) is 0 Å². The van der Waals surface area contributed by atoms with Crippen molar-refractivity contribution in [3.63, 3.8) is 0 Å². The fraction of sp³-hybridized carbons (Fsp3) is 0.647. The Labute approximate surface area is 123 Å². The zero-order valence-corrected chi connectivity index (χ0v) is 13.2. The Morgan fingerprint density at radius 2 is 1.80 bits per heavy atom. The van der Waals surface area contributed by atoms with Crippen molar-refractivity contribution >= 4 is 0 Å². The van der Waals surface area contributed by atoms with Gasteiger partial charge in [0.05, 0.1) is 13.2 Å². The Morgan fingerprint density at radius 3 is 2.50 bits per heavy atom. The molecule has 0 amide bonds. The minimum absolute atomic E-state index is 0.751. The fourth-order valence-corrected chi connectivity index (χ4v) is 2.03. The molecule has 0 spiro atoms. The number of ether oxygens (including phenoxy) is 2. The summed E-state index contributed by atoms with van der Waals surface area (Å²) < 4.78 is 11.6. The van der Waals surface area contributed by atoms with Gasteiger partial charge in [-0.25, -0.2) is 0 Å². The van der Waals surface area contributed by atoms with Crippen LogP contribution >= 0.6 is 0 Å². The van der Waals surface area contributed by atoms with E-state index in [1.54, 1.807) is 0 Å². The van der Waals surface area contributed by atoms with E-state index in [1.165, 1.54) is 24.8 Å². The third-order valence-electron chi connectivity index (χ3n) is 3.13. The van der Waals surface area contributed by atoms with Gasteiger partial charge in [0.1, 0.15) is 11.5 Å². The lowest BCUT2D eigenvalue weighted by Gasteiger charge is -2.13. The van der Waals surface area contributed by atoms with Gasteiger partial charge in [0.25, 0.3) is 0 Å². The van der Waals surface area contributed by atoms with Crippen LogP contribution in [0.25, 0.3) is 0 Å². The summed E-state index contributed by atoms with van der Waals surface area (Å²) in [7, 11) is 1.95. The monoisotopic (exact) mass is 279 g/mol. The summed E-state index contributed by atoms with van der Waals surface area (Å²) in [4.78, 5) is 0. The van der Waals surface area contributed by atoms with E-state index in [-0.39, 0.29) is 0 Å². The second kappa shape index (κ2) is 10.6. The van der Waals surface area contributed by atoms with E-state index in [0.717, 1.165) is 44.1 Å². The lowest BCUT2D eigenvalue weighted by atomic mass is 10.2. The third kappa shape index (κ3) is 6.29. The molecule has 0 saturated heterocycles. The van der Waals surface area contributed by atoms with Gasteiger partial charge in [-0.3, -0.25) is 0 Å². The number of unbranched alkanes of at least 4 members (excludes halogenated alkanes) is 3. The van der Waals surface area contributed by atoms with Crippen molar-refractivity contribution in [3.8, 4) is 11.5 Å². The molecule has 1 N–H and O–H groups in total. The van der Waals surface area contributed by atoms with E-state index in [2.05, 4.69) is 25.2 Å². The van der Waals surface area contributed by atoms with E-state index < -0.39 is 0 Å². The minimum Gasteiger partial charge on any atom is -0.493 e. The van der Waals surface area contributed by atoms with Crippen molar-refractivity contribution in [2.24, 2.45) is 0 Å². The molecule has 0 atom stereocenters. The second-order valence-corrected chi connectivity index (χ2v) is 5.06. The highest BCUT2D eigenvalue weighted by Crippen LogP contribution is 2.25. The first-order chi connectivity index (χ1) is 9.81. The van der Waals surface area contributed by atoms with Crippen LogP contribution < -0.4 is 14.8 Å². The van der Waals surface area contributed by atoms with Crippen LogP contribution in [-0.2, 0) is 6.54 Å². The summed E-state index contributed by atoms with van der Waals surface area (Å²) >= 11 is 0. The zero-order valence-electron chi connectivity index (χ0n) is 13.2. The highest BCUT2D eigenvalue weighted by molar-refractivity contribution is 5.40. The molecule has 0 aliphatic heterocycles. The van der Waals surface area contributed by atoms with Gasteiger partial charge in [-0.2, -0.15) is 0 Å². The molecule has 20 heavy (non-hydrogen) atoms. The first-order valence-corrected chi connectivity index (χ1v) is 7.84. The Kier molecular flexibility index (Phi) is 8.88. The molecule has 0 heterocycles. The highest BCUT2D eigenvalue weighted by Gasteiger charge is 2.05. The summed E-state index contributed by atoms with van der Waals surface area (Å²) in [5.41, 5.74) is 1.19. The van der Waals surface area contributed by atoms with E-state index >= 15 is 0 Å². The average molecular weight is 279 g/mol. The lowest BCUT2D eigenvalue weighted by molar-refractivity contribution is 0.292. The molecular formula is C17H29NO2. The van der Waals surface area contributed by atoms with Crippen LogP contribution in [0.15, 0.2) is 18.2 Å². The molecule has 0 bridgehead atoms. The molecule has 0 aliphatic carbocycles. The van der Waals surface area contributed by atoms with Crippen LogP contribution in [0.4, 0.5) is 0 Å². The molecule has 0 fully saturated rings. The maximum absolute atomic E-state index is 5.94.